The highest BCUT2D eigenvalue weighted by atomic mass is 79.9. The molecule has 2 aromatic rings. The quantitative estimate of drug-likeness (QED) is 0.578. The Bertz CT molecular complexity index is 678. The van der Waals surface area contributed by atoms with Gasteiger partial charge in [0.2, 0.25) is 0 Å². The summed E-state index contributed by atoms with van der Waals surface area (Å²) in [6.07, 6.45) is 0. The summed E-state index contributed by atoms with van der Waals surface area (Å²) in [5.74, 6) is -7.71. The van der Waals surface area contributed by atoms with E-state index >= 15 is 0 Å². The molecule has 1 aromatic carbocycles. The zero-order valence-corrected chi connectivity index (χ0v) is 12.4. The minimum Gasteiger partial charge on any atom is -0.315 e. The van der Waals surface area contributed by atoms with Gasteiger partial charge >= 0.3 is 0 Å². The Kier molecular flexibility index (Phi) is 4.14. The fraction of sp³-hybridized carbons (Fsp3) is 0. The molecule has 106 valence electrons. The van der Waals surface area contributed by atoms with Crippen molar-refractivity contribution in [1.82, 2.24) is 10.2 Å². The number of rotatable bonds is 2. The summed E-state index contributed by atoms with van der Waals surface area (Å²) in [6, 6.07) is 0.0430. The van der Waals surface area contributed by atoms with Crippen LogP contribution in [-0.2, 0) is 0 Å². The van der Waals surface area contributed by atoms with Crippen LogP contribution in [0.3, 0.4) is 0 Å². The lowest BCUT2D eigenvalue weighted by molar-refractivity contribution is 0.102. The molecule has 0 aliphatic heterocycles. The smallest absolute Gasteiger partial charge is 0.277 e. The Morgan fingerprint density at radius 2 is 1.70 bits per heavy atom. The fourth-order valence-corrected chi connectivity index (χ4v) is 1.95. The second kappa shape index (κ2) is 5.52. The Labute approximate surface area is 125 Å². The first-order chi connectivity index (χ1) is 9.32. The minimum absolute atomic E-state index is 0.0430. The van der Waals surface area contributed by atoms with Crippen molar-refractivity contribution in [1.29, 1.82) is 0 Å². The number of aromatic nitrogens is 2. The maximum Gasteiger partial charge on any atom is 0.277 e. The standard InChI is InChI=1S/C10H3Br2F4N3O/c11-4-7(18-19-9(4)12)10(20)17-8-5(15)2(13)1-3(14)6(8)16/h1H,(H,17,20)(H,18,19). The highest BCUT2D eigenvalue weighted by Gasteiger charge is 2.23. The first kappa shape index (κ1) is 15.0. The fourth-order valence-electron chi connectivity index (χ4n) is 1.31. The third-order valence-corrected chi connectivity index (χ3v) is 4.11. The number of halogens is 6. The number of H-pyrrole nitrogens is 1. The van der Waals surface area contributed by atoms with Crippen LogP contribution in [-0.4, -0.2) is 16.1 Å². The molecular formula is C10H3Br2F4N3O. The van der Waals surface area contributed by atoms with Gasteiger partial charge in [-0.2, -0.15) is 5.10 Å². The van der Waals surface area contributed by atoms with Gasteiger partial charge < -0.3 is 5.32 Å². The summed E-state index contributed by atoms with van der Waals surface area (Å²) >= 11 is 6.00. The van der Waals surface area contributed by atoms with Gasteiger partial charge in [-0.3, -0.25) is 9.89 Å². The molecule has 0 saturated carbocycles. The van der Waals surface area contributed by atoms with Crippen molar-refractivity contribution < 1.29 is 22.4 Å². The maximum absolute atomic E-state index is 13.4. The van der Waals surface area contributed by atoms with Gasteiger partial charge in [-0.25, -0.2) is 17.6 Å². The van der Waals surface area contributed by atoms with Gasteiger partial charge in [0.05, 0.1) is 4.47 Å². The molecule has 0 aliphatic carbocycles. The molecule has 1 heterocycles. The number of benzene rings is 1. The number of anilines is 1. The van der Waals surface area contributed by atoms with E-state index in [9.17, 15) is 22.4 Å². The van der Waals surface area contributed by atoms with Gasteiger partial charge in [0.15, 0.2) is 29.0 Å². The Morgan fingerprint density at radius 3 is 2.15 bits per heavy atom. The average Bonchev–Trinajstić information content (AvgIpc) is 2.73. The number of hydrogen-bond acceptors (Lipinski definition) is 2. The number of hydrogen-bond donors (Lipinski definition) is 2. The van der Waals surface area contributed by atoms with E-state index in [0.717, 1.165) is 0 Å². The van der Waals surface area contributed by atoms with Crippen molar-refractivity contribution in [3.63, 3.8) is 0 Å². The highest BCUT2D eigenvalue weighted by molar-refractivity contribution is 9.13. The summed E-state index contributed by atoms with van der Waals surface area (Å²) < 4.78 is 53.2. The van der Waals surface area contributed by atoms with Crippen molar-refractivity contribution in [2.75, 3.05) is 5.32 Å². The topological polar surface area (TPSA) is 57.8 Å². The molecule has 0 unspecified atom stereocenters. The Morgan fingerprint density at radius 1 is 1.15 bits per heavy atom. The maximum atomic E-state index is 13.4. The number of nitrogens with one attached hydrogen (secondary N) is 2. The summed E-state index contributed by atoms with van der Waals surface area (Å²) in [5.41, 5.74) is -1.47. The molecule has 10 heteroatoms. The van der Waals surface area contributed by atoms with E-state index < -0.39 is 34.9 Å². The van der Waals surface area contributed by atoms with Gasteiger partial charge in [0.25, 0.3) is 5.91 Å². The molecule has 20 heavy (non-hydrogen) atoms. The van der Waals surface area contributed by atoms with E-state index in [-0.39, 0.29) is 16.2 Å². The molecule has 2 N–H and O–H groups in total. The molecule has 4 nitrogen and oxygen atoms in total. The molecular weight excluding hydrogens is 414 g/mol. The van der Waals surface area contributed by atoms with Crippen LogP contribution >= 0.6 is 31.9 Å². The molecule has 0 fully saturated rings. The van der Waals surface area contributed by atoms with Crippen molar-refractivity contribution in [3.8, 4) is 0 Å². The predicted molar refractivity (Wildman–Crippen MR) is 68.2 cm³/mol. The third-order valence-electron chi connectivity index (χ3n) is 2.23. The number of aromatic amines is 1. The Balaban J connectivity index is 2.40. The van der Waals surface area contributed by atoms with Crippen molar-refractivity contribution in [3.05, 3.63) is 44.1 Å². The molecule has 1 amide bonds. The molecule has 0 atom stereocenters. The number of carbonyl (C=O) groups is 1. The van der Waals surface area contributed by atoms with Crippen molar-refractivity contribution in [2.45, 2.75) is 0 Å². The lowest BCUT2D eigenvalue weighted by atomic mass is 10.2. The van der Waals surface area contributed by atoms with Gasteiger partial charge in [-0.15, -0.1) is 0 Å². The lowest BCUT2D eigenvalue weighted by Gasteiger charge is -2.07. The van der Waals surface area contributed by atoms with Gasteiger partial charge in [-0.05, 0) is 31.9 Å². The Hall–Kier alpha value is -1.42. The van der Waals surface area contributed by atoms with Crippen LogP contribution in [0.4, 0.5) is 23.2 Å². The molecule has 0 saturated heterocycles. The largest absolute Gasteiger partial charge is 0.315 e. The van der Waals surface area contributed by atoms with Crippen LogP contribution in [0.25, 0.3) is 0 Å². The van der Waals surface area contributed by atoms with E-state index in [0.29, 0.717) is 4.60 Å². The zero-order chi connectivity index (χ0) is 15.0. The van der Waals surface area contributed by atoms with Gasteiger partial charge in [-0.1, -0.05) is 0 Å². The lowest BCUT2D eigenvalue weighted by Crippen LogP contribution is -2.16. The minimum atomic E-state index is -1.71. The third kappa shape index (κ3) is 2.57. The molecule has 1 aromatic heterocycles. The first-order valence-electron chi connectivity index (χ1n) is 4.86. The number of amides is 1. The van der Waals surface area contributed by atoms with E-state index in [2.05, 4.69) is 42.1 Å². The molecule has 2 rings (SSSR count). The van der Waals surface area contributed by atoms with Crippen LogP contribution in [0.5, 0.6) is 0 Å². The van der Waals surface area contributed by atoms with Crippen LogP contribution in [0.15, 0.2) is 15.1 Å². The monoisotopic (exact) mass is 415 g/mol. The zero-order valence-electron chi connectivity index (χ0n) is 9.20. The summed E-state index contributed by atoms with van der Waals surface area (Å²) in [4.78, 5) is 11.8. The second-order valence-corrected chi connectivity index (χ2v) is 5.08. The molecule has 0 aliphatic rings. The molecule has 0 spiro atoms. The normalized spacial score (nSPS) is 10.7. The van der Waals surface area contributed by atoms with Crippen LogP contribution in [0.1, 0.15) is 10.5 Å². The number of carbonyl (C=O) groups excluding carboxylic acids is 1. The van der Waals surface area contributed by atoms with E-state index in [1.54, 1.807) is 5.32 Å². The average molecular weight is 417 g/mol. The molecule has 0 radical (unpaired) electrons. The van der Waals surface area contributed by atoms with Gasteiger partial charge in [0, 0.05) is 6.07 Å². The second-order valence-electron chi connectivity index (χ2n) is 3.50. The highest BCUT2D eigenvalue weighted by Crippen LogP contribution is 2.27. The van der Waals surface area contributed by atoms with E-state index in [4.69, 9.17) is 0 Å². The number of nitrogens with zero attached hydrogens (tertiary/aromatic N) is 1. The van der Waals surface area contributed by atoms with Crippen molar-refractivity contribution >= 4 is 43.5 Å². The summed E-state index contributed by atoms with van der Waals surface area (Å²) in [7, 11) is 0. The molecule has 0 bridgehead atoms. The SMILES string of the molecule is O=C(Nc1c(F)c(F)cc(F)c1F)c1n[nH]c(Br)c1Br. The van der Waals surface area contributed by atoms with E-state index in [1.165, 1.54) is 0 Å². The predicted octanol–water partition coefficient (Wildman–Crippen LogP) is 3.74. The van der Waals surface area contributed by atoms with Crippen molar-refractivity contribution in [2.24, 2.45) is 0 Å². The van der Waals surface area contributed by atoms with Crippen LogP contribution in [0, 0.1) is 23.3 Å². The van der Waals surface area contributed by atoms with Crippen LogP contribution in [0.2, 0.25) is 0 Å². The van der Waals surface area contributed by atoms with Gasteiger partial charge in [0.1, 0.15) is 10.3 Å². The van der Waals surface area contributed by atoms with E-state index in [1.807, 2.05) is 0 Å². The summed E-state index contributed by atoms with van der Waals surface area (Å²) in [5, 5.41) is 7.66. The van der Waals surface area contributed by atoms with Crippen LogP contribution < -0.4 is 5.32 Å². The summed E-state index contributed by atoms with van der Waals surface area (Å²) in [6.45, 7) is 0. The first-order valence-corrected chi connectivity index (χ1v) is 6.45.